The molecule has 24 heavy (non-hydrogen) atoms. The Hall–Kier alpha value is -2.57. The van der Waals surface area contributed by atoms with Crippen LogP contribution in [0.4, 0.5) is 0 Å². The van der Waals surface area contributed by atoms with Crippen molar-refractivity contribution in [3.63, 3.8) is 0 Å². The highest BCUT2D eigenvalue weighted by Crippen LogP contribution is 2.18. The Bertz CT molecular complexity index is 574. The van der Waals surface area contributed by atoms with E-state index in [-0.39, 0.29) is 30.7 Å². The van der Waals surface area contributed by atoms with Gasteiger partial charge in [0.1, 0.15) is 0 Å². The second-order valence-electron chi connectivity index (χ2n) is 5.03. The summed E-state index contributed by atoms with van der Waals surface area (Å²) in [6.45, 7) is 0. The number of aliphatic hydroxyl groups is 3. The van der Waals surface area contributed by atoms with Gasteiger partial charge in [0.25, 0.3) is 17.7 Å². The van der Waals surface area contributed by atoms with Gasteiger partial charge in [-0.1, -0.05) is 0 Å². The molecular formula is C12H14N2O10. The third-order valence-corrected chi connectivity index (χ3v) is 3.29. The van der Waals surface area contributed by atoms with Crippen molar-refractivity contribution in [2.75, 3.05) is 0 Å². The van der Waals surface area contributed by atoms with Crippen LogP contribution >= 0.6 is 0 Å². The molecule has 132 valence electrons. The summed E-state index contributed by atoms with van der Waals surface area (Å²) in [6.07, 6.45) is -6.79. The first-order valence-electron chi connectivity index (χ1n) is 6.88. The highest BCUT2D eigenvalue weighted by Gasteiger charge is 2.41. The summed E-state index contributed by atoms with van der Waals surface area (Å²) < 4.78 is 0. The molecule has 2 fully saturated rings. The van der Waals surface area contributed by atoms with Gasteiger partial charge < -0.3 is 25.0 Å². The van der Waals surface area contributed by atoms with E-state index in [1.54, 1.807) is 0 Å². The molecule has 0 aromatic carbocycles. The van der Waals surface area contributed by atoms with E-state index in [0.717, 1.165) is 0 Å². The van der Waals surface area contributed by atoms with E-state index >= 15 is 0 Å². The van der Waals surface area contributed by atoms with Crippen molar-refractivity contribution in [2.24, 2.45) is 0 Å². The Labute approximate surface area is 134 Å². The van der Waals surface area contributed by atoms with Crippen LogP contribution in [0.5, 0.6) is 0 Å². The zero-order valence-corrected chi connectivity index (χ0v) is 12.2. The van der Waals surface area contributed by atoms with Crippen LogP contribution in [-0.2, 0) is 33.6 Å². The lowest BCUT2D eigenvalue weighted by Gasteiger charge is -2.22. The molecule has 2 rings (SSSR count). The molecule has 0 aromatic heterocycles. The number of rotatable bonds is 5. The molecule has 0 saturated carbocycles. The third kappa shape index (κ3) is 3.50. The smallest absolute Gasteiger partial charge is 0.364 e. The lowest BCUT2D eigenvalue weighted by atomic mass is 10.2. The standard InChI is InChI=1S/C12H14N2O10/c15-5-1-2-6(16)13(5)23-11(21)9(19)10(20)12(22)24-14-7(17)3-4-8(14)18/h5,9-10,15,19-20H,1-4H2. The monoisotopic (exact) mass is 346 g/mol. The lowest BCUT2D eigenvalue weighted by Crippen LogP contribution is -2.47. The first-order chi connectivity index (χ1) is 11.2. The minimum atomic E-state index is -2.48. The van der Waals surface area contributed by atoms with E-state index in [1.165, 1.54) is 0 Å². The molecule has 3 amide bonds. The second kappa shape index (κ2) is 6.90. The molecule has 2 aliphatic rings. The highest BCUT2D eigenvalue weighted by molar-refractivity contribution is 6.02. The number of hydroxylamine groups is 4. The van der Waals surface area contributed by atoms with Crippen LogP contribution < -0.4 is 0 Å². The summed E-state index contributed by atoms with van der Waals surface area (Å²) in [5.74, 6) is -5.61. The summed E-state index contributed by atoms with van der Waals surface area (Å²) in [4.78, 5) is 65.8. The number of carbonyl (C=O) groups is 5. The number of hydrogen-bond acceptors (Lipinski definition) is 10. The summed E-state index contributed by atoms with van der Waals surface area (Å²) in [5, 5.41) is 28.9. The predicted molar refractivity (Wildman–Crippen MR) is 67.4 cm³/mol. The molecular weight excluding hydrogens is 332 g/mol. The van der Waals surface area contributed by atoms with Crippen LogP contribution in [0.2, 0.25) is 0 Å². The van der Waals surface area contributed by atoms with Crippen LogP contribution in [0, 0.1) is 0 Å². The number of nitrogens with zero attached hydrogens (tertiary/aromatic N) is 2. The highest BCUT2D eigenvalue weighted by atomic mass is 16.7. The van der Waals surface area contributed by atoms with Gasteiger partial charge in [0.2, 0.25) is 0 Å². The average molecular weight is 346 g/mol. The maximum atomic E-state index is 11.6. The van der Waals surface area contributed by atoms with Crippen LogP contribution in [0.25, 0.3) is 0 Å². The van der Waals surface area contributed by atoms with Gasteiger partial charge >= 0.3 is 11.9 Å². The van der Waals surface area contributed by atoms with E-state index in [2.05, 4.69) is 9.68 Å². The largest absolute Gasteiger partial charge is 0.379 e. The molecule has 12 nitrogen and oxygen atoms in total. The van der Waals surface area contributed by atoms with Gasteiger partial charge in [0.05, 0.1) is 0 Å². The quantitative estimate of drug-likeness (QED) is 0.428. The van der Waals surface area contributed by atoms with Crippen molar-refractivity contribution < 1.29 is 49.0 Å². The average Bonchev–Trinajstić information content (AvgIpc) is 3.03. The van der Waals surface area contributed by atoms with Crippen molar-refractivity contribution in [2.45, 2.75) is 44.1 Å². The van der Waals surface area contributed by atoms with Gasteiger partial charge in [-0.25, -0.2) is 9.59 Å². The number of carbonyl (C=O) groups excluding carboxylic acids is 5. The van der Waals surface area contributed by atoms with Crippen molar-refractivity contribution in [3.05, 3.63) is 0 Å². The van der Waals surface area contributed by atoms with E-state index in [1.807, 2.05) is 0 Å². The molecule has 2 saturated heterocycles. The molecule has 2 aliphatic heterocycles. The van der Waals surface area contributed by atoms with Crippen molar-refractivity contribution in [1.82, 2.24) is 10.1 Å². The topological polar surface area (TPSA) is 171 Å². The zero-order valence-electron chi connectivity index (χ0n) is 12.2. The molecule has 3 atom stereocenters. The maximum absolute atomic E-state index is 11.6. The van der Waals surface area contributed by atoms with Gasteiger partial charge in [-0.3, -0.25) is 14.4 Å². The second-order valence-corrected chi connectivity index (χ2v) is 5.03. The minimum Gasteiger partial charge on any atom is -0.379 e. The van der Waals surface area contributed by atoms with E-state index < -0.39 is 48.1 Å². The summed E-state index contributed by atoms with van der Waals surface area (Å²) >= 11 is 0. The summed E-state index contributed by atoms with van der Waals surface area (Å²) in [6, 6.07) is 0. The Kier molecular flexibility index (Phi) is 5.11. The first kappa shape index (κ1) is 17.8. The fraction of sp³-hybridized carbons (Fsp3) is 0.583. The molecule has 0 bridgehead atoms. The first-order valence-corrected chi connectivity index (χ1v) is 6.88. The van der Waals surface area contributed by atoms with Crippen LogP contribution in [0.3, 0.4) is 0 Å². The van der Waals surface area contributed by atoms with Gasteiger partial charge in [0, 0.05) is 25.7 Å². The minimum absolute atomic E-state index is 0.00594. The molecule has 3 unspecified atom stereocenters. The molecule has 3 N–H and O–H groups in total. The predicted octanol–water partition coefficient (Wildman–Crippen LogP) is -3.29. The Morgan fingerprint density at radius 3 is 1.88 bits per heavy atom. The van der Waals surface area contributed by atoms with Crippen LogP contribution in [0.15, 0.2) is 0 Å². The summed E-state index contributed by atoms with van der Waals surface area (Å²) in [5.41, 5.74) is 0. The Morgan fingerprint density at radius 2 is 1.42 bits per heavy atom. The third-order valence-electron chi connectivity index (χ3n) is 3.29. The van der Waals surface area contributed by atoms with Gasteiger partial charge in [-0.15, -0.1) is 10.1 Å². The Balaban J connectivity index is 1.92. The van der Waals surface area contributed by atoms with Crippen molar-refractivity contribution in [3.8, 4) is 0 Å². The number of aliphatic hydroxyl groups excluding tert-OH is 3. The van der Waals surface area contributed by atoms with E-state index in [4.69, 9.17) is 0 Å². The number of imide groups is 1. The van der Waals surface area contributed by atoms with Crippen LogP contribution in [0.1, 0.15) is 25.7 Å². The fourth-order valence-electron chi connectivity index (χ4n) is 1.97. The number of amides is 3. The van der Waals surface area contributed by atoms with Gasteiger partial charge in [-0.2, -0.15) is 0 Å². The molecule has 12 heteroatoms. The Morgan fingerprint density at radius 1 is 0.917 bits per heavy atom. The van der Waals surface area contributed by atoms with Gasteiger partial charge in [-0.05, 0) is 0 Å². The molecule has 0 aliphatic carbocycles. The zero-order chi connectivity index (χ0) is 18.0. The molecule has 0 aromatic rings. The van der Waals surface area contributed by atoms with E-state index in [9.17, 15) is 39.3 Å². The van der Waals surface area contributed by atoms with Crippen LogP contribution in [-0.4, -0.2) is 73.5 Å². The molecule has 0 radical (unpaired) electrons. The fourth-order valence-corrected chi connectivity index (χ4v) is 1.97. The lowest BCUT2D eigenvalue weighted by molar-refractivity contribution is -0.232. The number of hydrogen-bond donors (Lipinski definition) is 3. The SMILES string of the molecule is O=C(ON1C(=O)CCC1=O)C(O)C(O)C(=O)ON1C(=O)CCC1O. The van der Waals surface area contributed by atoms with Crippen molar-refractivity contribution in [1.29, 1.82) is 0 Å². The van der Waals surface area contributed by atoms with Crippen molar-refractivity contribution >= 4 is 29.7 Å². The maximum Gasteiger partial charge on any atom is 0.364 e. The van der Waals surface area contributed by atoms with Gasteiger partial charge in [0.15, 0.2) is 18.4 Å². The normalized spacial score (nSPS) is 23.5. The van der Waals surface area contributed by atoms with E-state index in [0.29, 0.717) is 5.06 Å². The molecule has 0 spiro atoms. The molecule has 2 heterocycles. The summed E-state index contributed by atoms with van der Waals surface area (Å²) in [7, 11) is 0.